The maximum atomic E-state index is 11.9. The van der Waals surface area contributed by atoms with Gasteiger partial charge in [-0.25, -0.2) is 0 Å². The number of nitrogens with zero attached hydrogens (tertiary/aromatic N) is 1. The maximum Gasteiger partial charge on any atom is 0.325 e. The van der Waals surface area contributed by atoms with E-state index in [9.17, 15) is 9.59 Å². The molecule has 104 valence electrons. The Morgan fingerprint density at radius 3 is 2.39 bits per heavy atom. The largest absolute Gasteiger partial charge is 0.465 e. The van der Waals surface area contributed by atoms with E-state index in [-0.39, 0.29) is 24.7 Å². The summed E-state index contributed by atoms with van der Waals surface area (Å²) in [5.41, 5.74) is -0.389. The topological polar surface area (TPSA) is 55.8 Å². The summed E-state index contributed by atoms with van der Waals surface area (Å²) in [4.78, 5) is 24.6. The summed E-state index contributed by atoms with van der Waals surface area (Å²) in [7, 11) is 0. The van der Waals surface area contributed by atoms with Crippen molar-refractivity contribution in [3.63, 3.8) is 0 Å². The minimum atomic E-state index is -0.427. The zero-order chi connectivity index (χ0) is 14.2. The second kappa shape index (κ2) is 7.87. The van der Waals surface area contributed by atoms with Crippen LogP contribution in [0.15, 0.2) is 12.7 Å². The van der Waals surface area contributed by atoms with E-state index in [1.165, 1.54) is 4.90 Å². The molecule has 0 aliphatic rings. The van der Waals surface area contributed by atoms with Gasteiger partial charge in [-0.05, 0) is 27.7 Å². The van der Waals surface area contributed by atoms with E-state index < -0.39 is 5.97 Å². The van der Waals surface area contributed by atoms with Gasteiger partial charge in [0.1, 0.15) is 13.2 Å². The smallest absolute Gasteiger partial charge is 0.325 e. The van der Waals surface area contributed by atoms with Gasteiger partial charge in [0, 0.05) is 6.54 Å². The standard InChI is InChI=1S/C13H23NO4/c1-6-8-14(9-12(16)17-7-2)11(15)10-18-13(3,4)5/h6H,1,7-10H2,2-5H3. The lowest BCUT2D eigenvalue weighted by atomic mass is 10.2. The molecule has 18 heavy (non-hydrogen) atoms. The number of hydrogen-bond donors (Lipinski definition) is 0. The Morgan fingerprint density at radius 1 is 1.33 bits per heavy atom. The SMILES string of the molecule is C=CCN(CC(=O)OCC)C(=O)COC(C)(C)C. The average Bonchev–Trinajstić information content (AvgIpc) is 2.24. The molecular formula is C13H23NO4. The van der Waals surface area contributed by atoms with E-state index in [0.717, 1.165) is 0 Å². The van der Waals surface area contributed by atoms with E-state index in [0.29, 0.717) is 13.2 Å². The Hall–Kier alpha value is -1.36. The first kappa shape index (κ1) is 16.6. The molecule has 0 atom stereocenters. The molecule has 0 rings (SSSR count). The first-order chi connectivity index (χ1) is 8.30. The normalized spacial score (nSPS) is 10.9. The molecule has 0 heterocycles. The van der Waals surface area contributed by atoms with E-state index in [1.807, 2.05) is 20.8 Å². The van der Waals surface area contributed by atoms with Crippen LogP contribution in [0.5, 0.6) is 0 Å². The number of ether oxygens (including phenoxy) is 2. The number of carbonyl (C=O) groups is 2. The van der Waals surface area contributed by atoms with Gasteiger partial charge in [0.15, 0.2) is 0 Å². The number of carbonyl (C=O) groups excluding carboxylic acids is 2. The zero-order valence-electron chi connectivity index (χ0n) is 11.7. The molecule has 0 aliphatic carbocycles. The van der Waals surface area contributed by atoms with Crippen LogP contribution in [0.4, 0.5) is 0 Å². The first-order valence-corrected chi connectivity index (χ1v) is 5.98. The molecule has 0 radical (unpaired) electrons. The lowest BCUT2D eigenvalue weighted by molar-refractivity contribution is -0.151. The molecular weight excluding hydrogens is 234 g/mol. The second-order valence-corrected chi connectivity index (χ2v) is 4.77. The van der Waals surface area contributed by atoms with Crippen LogP contribution in [0.2, 0.25) is 0 Å². The van der Waals surface area contributed by atoms with Crippen LogP contribution < -0.4 is 0 Å². The van der Waals surface area contributed by atoms with Crippen molar-refractivity contribution in [2.75, 3.05) is 26.3 Å². The fraction of sp³-hybridized carbons (Fsp3) is 0.692. The second-order valence-electron chi connectivity index (χ2n) is 4.77. The van der Waals surface area contributed by atoms with Crippen molar-refractivity contribution < 1.29 is 19.1 Å². The van der Waals surface area contributed by atoms with Gasteiger partial charge in [-0.2, -0.15) is 0 Å². The Balaban J connectivity index is 4.35. The number of amides is 1. The van der Waals surface area contributed by atoms with Crippen LogP contribution in [0.25, 0.3) is 0 Å². The Kier molecular flexibility index (Phi) is 7.27. The average molecular weight is 257 g/mol. The van der Waals surface area contributed by atoms with Crippen LogP contribution >= 0.6 is 0 Å². The molecule has 0 aromatic rings. The fourth-order valence-corrected chi connectivity index (χ4v) is 1.14. The number of esters is 1. The summed E-state index contributed by atoms with van der Waals surface area (Å²) in [6.07, 6.45) is 1.56. The van der Waals surface area contributed by atoms with Gasteiger partial charge in [-0.1, -0.05) is 6.08 Å². The summed E-state index contributed by atoms with van der Waals surface area (Å²) < 4.78 is 10.2. The van der Waals surface area contributed by atoms with E-state index in [4.69, 9.17) is 9.47 Å². The minimum absolute atomic E-state index is 0.0588. The molecule has 1 amide bonds. The quantitative estimate of drug-likeness (QED) is 0.511. The lowest BCUT2D eigenvalue weighted by Gasteiger charge is -2.24. The van der Waals surface area contributed by atoms with E-state index in [2.05, 4.69) is 6.58 Å². The highest BCUT2D eigenvalue weighted by molar-refractivity contribution is 5.83. The molecule has 0 saturated heterocycles. The monoisotopic (exact) mass is 257 g/mol. The van der Waals surface area contributed by atoms with Crippen LogP contribution in [-0.2, 0) is 19.1 Å². The highest BCUT2D eigenvalue weighted by atomic mass is 16.5. The maximum absolute atomic E-state index is 11.9. The summed E-state index contributed by atoms with van der Waals surface area (Å²) >= 11 is 0. The van der Waals surface area contributed by atoms with Gasteiger partial charge in [0.05, 0.1) is 12.2 Å². The minimum Gasteiger partial charge on any atom is -0.465 e. The Morgan fingerprint density at radius 2 is 1.94 bits per heavy atom. The zero-order valence-corrected chi connectivity index (χ0v) is 11.7. The first-order valence-electron chi connectivity index (χ1n) is 5.98. The van der Waals surface area contributed by atoms with Crippen LogP contribution in [0.1, 0.15) is 27.7 Å². The van der Waals surface area contributed by atoms with Gasteiger partial charge in [0.2, 0.25) is 5.91 Å². The highest BCUT2D eigenvalue weighted by Gasteiger charge is 2.19. The van der Waals surface area contributed by atoms with E-state index in [1.54, 1.807) is 13.0 Å². The molecule has 0 spiro atoms. The third-order valence-electron chi connectivity index (χ3n) is 1.96. The third-order valence-corrected chi connectivity index (χ3v) is 1.96. The molecule has 0 fully saturated rings. The number of rotatable bonds is 7. The lowest BCUT2D eigenvalue weighted by Crippen LogP contribution is -2.40. The molecule has 0 aliphatic heterocycles. The van der Waals surface area contributed by atoms with Crippen molar-refractivity contribution in [1.29, 1.82) is 0 Å². The van der Waals surface area contributed by atoms with Crippen molar-refractivity contribution in [2.45, 2.75) is 33.3 Å². The van der Waals surface area contributed by atoms with Crippen molar-refractivity contribution >= 4 is 11.9 Å². The molecule has 0 bridgehead atoms. The molecule has 5 nitrogen and oxygen atoms in total. The molecule has 5 heteroatoms. The van der Waals surface area contributed by atoms with Gasteiger partial charge >= 0.3 is 5.97 Å². The van der Waals surface area contributed by atoms with Gasteiger partial charge < -0.3 is 14.4 Å². The predicted octanol–water partition coefficient (Wildman–Crippen LogP) is 1.38. The Bertz CT molecular complexity index is 294. The molecule has 0 saturated carbocycles. The summed E-state index contributed by atoms with van der Waals surface area (Å²) in [6, 6.07) is 0. The molecule has 0 unspecified atom stereocenters. The molecule has 0 aromatic carbocycles. The van der Waals surface area contributed by atoms with Crippen molar-refractivity contribution in [1.82, 2.24) is 4.90 Å². The third kappa shape index (κ3) is 7.84. The van der Waals surface area contributed by atoms with Crippen molar-refractivity contribution in [3.8, 4) is 0 Å². The van der Waals surface area contributed by atoms with Gasteiger partial charge in [0.25, 0.3) is 0 Å². The highest BCUT2D eigenvalue weighted by Crippen LogP contribution is 2.07. The van der Waals surface area contributed by atoms with E-state index >= 15 is 0 Å². The summed E-state index contributed by atoms with van der Waals surface area (Å²) in [6.45, 7) is 11.3. The Labute approximate surface area is 109 Å². The van der Waals surface area contributed by atoms with Crippen molar-refractivity contribution in [2.24, 2.45) is 0 Å². The number of hydrogen-bond acceptors (Lipinski definition) is 4. The van der Waals surface area contributed by atoms with Crippen LogP contribution in [0.3, 0.4) is 0 Å². The molecule has 0 aromatic heterocycles. The predicted molar refractivity (Wildman–Crippen MR) is 69.1 cm³/mol. The molecule has 0 N–H and O–H groups in total. The van der Waals surface area contributed by atoms with Crippen molar-refractivity contribution in [3.05, 3.63) is 12.7 Å². The van der Waals surface area contributed by atoms with Gasteiger partial charge in [-0.15, -0.1) is 6.58 Å². The van der Waals surface area contributed by atoms with Crippen LogP contribution in [-0.4, -0.2) is 48.7 Å². The summed E-state index contributed by atoms with van der Waals surface area (Å²) in [5.74, 6) is -0.679. The van der Waals surface area contributed by atoms with Gasteiger partial charge in [-0.3, -0.25) is 9.59 Å². The summed E-state index contributed by atoms with van der Waals surface area (Å²) in [5, 5.41) is 0. The van der Waals surface area contributed by atoms with Crippen LogP contribution in [0, 0.1) is 0 Å². The fourth-order valence-electron chi connectivity index (χ4n) is 1.14.